The molecule has 0 aliphatic heterocycles. The quantitative estimate of drug-likeness (QED) is 0.613. The normalized spacial score (nSPS) is 11.4. The molecule has 2 amide bonds. The van der Waals surface area contributed by atoms with Gasteiger partial charge in [0.2, 0.25) is 11.8 Å². The lowest BCUT2D eigenvalue weighted by Crippen LogP contribution is -2.46. The van der Waals surface area contributed by atoms with Gasteiger partial charge in [0.15, 0.2) is 12.4 Å². The lowest BCUT2D eigenvalue weighted by molar-refractivity contribution is -0.125. The Morgan fingerprint density at radius 3 is 2.48 bits per heavy atom. The van der Waals surface area contributed by atoms with Crippen LogP contribution in [0, 0.1) is 12.8 Å². The monoisotopic (exact) mass is 397 g/mol. The van der Waals surface area contributed by atoms with Gasteiger partial charge in [-0.2, -0.15) is 4.98 Å². The number of benzene rings is 1. The van der Waals surface area contributed by atoms with E-state index in [1.54, 1.807) is 31.2 Å². The Labute approximate surface area is 163 Å². The minimum Gasteiger partial charge on any atom is -0.484 e. The summed E-state index contributed by atoms with van der Waals surface area (Å²) < 4.78 is 10.5. The van der Waals surface area contributed by atoms with Gasteiger partial charge in [-0.25, -0.2) is 0 Å². The van der Waals surface area contributed by atoms with Gasteiger partial charge in [-0.05, 0) is 37.1 Å². The number of carbonyl (C=O) groups is 2. The van der Waals surface area contributed by atoms with Crippen molar-refractivity contribution in [3.63, 3.8) is 0 Å². The number of nitrogens with one attached hydrogen (secondary N) is 2. The molecule has 148 valence electrons. The van der Waals surface area contributed by atoms with E-state index in [9.17, 15) is 9.59 Å². The molecule has 9 nitrogen and oxygen atoms in total. The Morgan fingerprint density at radius 2 is 1.93 bits per heavy atom. The van der Waals surface area contributed by atoms with Crippen LogP contribution in [0.4, 0.5) is 5.69 Å². The maximum absolute atomic E-state index is 11.9. The second kappa shape index (κ2) is 10.5. The fourth-order valence-corrected chi connectivity index (χ4v) is 1.97. The van der Waals surface area contributed by atoms with Crippen molar-refractivity contribution in [3.05, 3.63) is 36.0 Å². The Kier molecular flexibility index (Phi) is 8.70. The van der Waals surface area contributed by atoms with Gasteiger partial charge < -0.3 is 25.6 Å². The molecular weight excluding hydrogens is 374 g/mol. The standard InChI is InChI=1S/C17H23N5O4.ClH/c1-10(2)16(18)17(24)19-8-14(23)21-12-4-6-13(7-5-12)25-9-15-20-11(3)22-26-15;/h4-7,10,16H,8-9,18H2,1-3H3,(H,19,24)(H,21,23);1H/t16-;/m0./s1. The molecule has 0 saturated heterocycles. The molecule has 0 unspecified atom stereocenters. The Morgan fingerprint density at radius 1 is 1.26 bits per heavy atom. The molecule has 0 spiro atoms. The molecule has 0 fully saturated rings. The third-order valence-corrected chi connectivity index (χ3v) is 3.51. The molecule has 0 bridgehead atoms. The molecule has 1 atom stereocenters. The topological polar surface area (TPSA) is 132 Å². The zero-order chi connectivity index (χ0) is 19.1. The molecule has 1 heterocycles. The number of nitrogens with zero attached hydrogens (tertiary/aromatic N) is 2. The van der Waals surface area contributed by atoms with E-state index in [1.807, 2.05) is 13.8 Å². The van der Waals surface area contributed by atoms with E-state index in [2.05, 4.69) is 20.8 Å². The lowest BCUT2D eigenvalue weighted by atomic mass is 10.1. The summed E-state index contributed by atoms with van der Waals surface area (Å²) in [4.78, 5) is 27.6. The summed E-state index contributed by atoms with van der Waals surface area (Å²) in [5.41, 5.74) is 6.30. The molecular formula is C17H24ClN5O4. The summed E-state index contributed by atoms with van der Waals surface area (Å²) >= 11 is 0. The van der Waals surface area contributed by atoms with Crippen LogP contribution >= 0.6 is 12.4 Å². The van der Waals surface area contributed by atoms with Crippen LogP contribution in [0.3, 0.4) is 0 Å². The molecule has 0 aliphatic carbocycles. The van der Waals surface area contributed by atoms with Crippen LogP contribution in [-0.2, 0) is 16.2 Å². The second-order valence-electron chi connectivity index (χ2n) is 6.08. The van der Waals surface area contributed by atoms with Crippen LogP contribution in [0.15, 0.2) is 28.8 Å². The van der Waals surface area contributed by atoms with Gasteiger partial charge in [0.1, 0.15) is 5.75 Å². The molecule has 27 heavy (non-hydrogen) atoms. The number of anilines is 1. The van der Waals surface area contributed by atoms with Crippen molar-refractivity contribution in [3.8, 4) is 5.75 Å². The van der Waals surface area contributed by atoms with Gasteiger partial charge in [-0.3, -0.25) is 9.59 Å². The number of hydrogen-bond acceptors (Lipinski definition) is 7. The number of hydrogen-bond donors (Lipinski definition) is 3. The highest BCUT2D eigenvalue weighted by Gasteiger charge is 2.17. The van der Waals surface area contributed by atoms with Crippen molar-refractivity contribution >= 4 is 29.9 Å². The maximum atomic E-state index is 11.9. The van der Waals surface area contributed by atoms with Gasteiger partial charge in [0.05, 0.1) is 12.6 Å². The number of ether oxygens (including phenoxy) is 1. The van der Waals surface area contributed by atoms with Crippen LogP contribution in [0.25, 0.3) is 0 Å². The van der Waals surface area contributed by atoms with Crippen LogP contribution < -0.4 is 21.1 Å². The predicted molar refractivity (Wildman–Crippen MR) is 102 cm³/mol. The number of carbonyl (C=O) groups excluding carboxylic acids is 2. The van der Waals surface area contributed by atoms with Gasteiger partial charge in [0.25, 0.3) is 5.89 Å². The predicted octanol–water partition coefficient (Wildman–Crippen LogP) is 1.42. The van der Waals surface area contributed by atoms with Crippen molar-refractivity contribution in [2.75, 3.05) is 11.9 Å². The first kappa shape index (κ1) is 22.4. The van der Waals surface area contributed by atoms with Crippen LogP contribution in [-0.4, -0.2) is 34.5 Å². The number of nitrogens with two attached hydrogens (primary N) is 1. The van der Waals surface area contributed by atoms with Gasteiger partial charge in [0, 0.05) is 5.69 Å². The molecule has 0 saturated carbocycles. The summed E-state index contributed by atoms with van der Waals surface area (Å²) in [5, 5.41) is 8.87. The summed E-state index contributed by atoms with van der Waals surface area (Å²) in [6, 6.07) is 6.14. The van der Waals surface area contributed by atoms with Crippen molar-refractivity contribution in [2.45, 2.75) is 33.4 Å². The van der Waals surface area contributed by atoms with Crippen molar-refractivity contribution in [2.24, 2.45) is 11.7 Å². The minimum absolute atomic E-state index is 0. The summed E-state index contributed by atoms with van der Waals surface area (Å²) in [6.45, 7) is 5.42. The highest BCUT2D eigenvalue weighted by molar-refractivity contribution is 5.95. The lowest BCUT2D eigenvalue weighted by Gasteiger charge is -2.15. The number of amides is 2. The second-order valence-corrected chi connectivity index (χ2v) is 6.08. The molecule has 10 heteroatoms. The number of aryl methyl sites for hydroxylation is 1. The molecule has 0 aliphatic rings. The fraction of sp³-hybridized carbons (Fsp3) is 0.412. The van der Waals surface area contributed by atoms with Gasteiger partial charge in [-0.1, -0.05) is 19.0 Å². The molecule has 0 radical (unpaired) electrons. The SMILES string of the molecule is Cc1noc(COc2ccc(NC(=O)CNC(=O)[C@@H](N)C(C)C)cc2)n1.Cl. The van der Waals surface area contributed by atoms with E-state index in [-0.39, 0.29) is 43.3 Å². The maximum Gasteiger partial charge on any atom is 0.264 e. The van der Waals surface area contributed by atoms with Crippen LogP contribution in [0.5, 0.6) is 5.75 Å². The largest absolute Gasteiger partial charge is 0.484 e. The van der Waals surface area contributed by atoms with Crippen LogP contribution in [0.2, 0.25) is 0 Å². The third kappa shape index (κ3) is 7.24. The molecule has 1 aromatic heterocycles. The van der Waals surface area contributed by atoms with E-state index in [0.29, 0.717) is 23.2 Å². The molecule has 2 rings (SSSR count). The molecule has 1 aromatic carbocycles. The average Bonchev–Trinajstić information content (AvgIpc) is 3.03. The van der Waals surface area contributed by atoms with E-state index >= 15 is 0 Å². The third-order valence-electron chi connectivity index (χ3n) is 3.51. The number of halogens is 1. The molecule has 4 N–H and O–H groups in total. The minimum atomic E-state index is -0.637. The van der Waals surface area contributed by atoms with Crippen molar-refractivity contribution in [1.29, 1.82) is 0 Å². The van der Waals surface area contributed by atoms with E-state index in [4.69, 9.17) is 15.0 Å². The first-order valence-electron chi connectivity index (χ1n) is 8.20. The number of rotatable bonds is 8. The number of aromatic nitrogens is 2. The summed E-state index contributed by atoms with van der Waals surface area (Å²) in [6.07, 6.45) is 0. The smallest absolute Gasteiger partial charge is 0.264 e. The van der Waals surface area contributed by atoms with Crippen molar-refractivity contribution in [1.82, 2.24) is 15.5 Å². The van der Waals surface area contributed by atoms with Gasteiger partial charge in [-0.15, -0.1) is 12.4 Å². The Bertz CT molecular complexity index is 748. The summed E-state index contributed by atoms with van der Waals surface area (Å²) in [7, 11) is 0. The van der Waals surface area contributed by atoms with Crippen molar-refractivity contribution < 1.29 is 18.8 Å². The Balaban J connectivity index is 0.00000364. The first-order valence-corrected chi connectivity index (χ1v) is 8.20. The van der Waals surface area contributed by atoms with Crippen LogP contribution in [0.1, 0.15) is 25.6 Å². The fourth-order valence-electron chi connectivity index (χ4n) is 1.97. The zero-order valence-electron chi connectivity index (χ0n) is 15.4. The van der Waals surface area contributed by atoms with Gasteiger partial charge >= 0.3 is 0 Å². The highest BCUT2D eigenvalue weighted by atomic mass is 35.5. The average molecular weight is 398 g/mol. The molecule has 2 aromatic rings. The summed E-state index contributed by atoms with van der Waals surface area (Å²) in [5.74, 6) is 0.828. The van der Waals surface area contributed by atoms with E-state index < -0.39 is 6.04 Å². The Hall–Kier alpha value is -2.65. The van der Waals surface area contributed by atoms with E-state index in [1.165, 1.54) is 0 Å². The zero-order valence-corrected chi connectivity index (χ0v) is 16.2. The highest BCUT2D eigenvalue weighted by Crippen LogP contribution is 2.16. The first-order chi connectivity index (χ1) is 12.3. The van der Waals surface area contributed by atoms with E-state index in [0.717, 1.165) is 0 Å².